The third-order valence-electron chi connectivity index (χ3n) is 3.65. The zero-order valence-corrected chi connectivity index (χ0v) is 15.4. The van der Waals surface area contributed by atoms with E-state index in [1.807, 2.05) is 0 Å². The van der Waals surface area contributed by atoms with Crippen LogP contribution in [0.4, 0.5) is 18.9 Å². The molecule has 136 valence electrons. The van der Waals surface area contributed by atoms with Crippen molar-refractivity contribution in [3.8, 4) is 5.88 Å². The van der Waals surface area contributed by atoms with Gasteiger partial charge in [-0.05, 0) is 40.2 Å². The van der Waals surface area contributed by atoms with Gasteiger partial charge in [0.15, 0.2) is 5.78 Å². The second-order valence-corrected chi connectivity index (χ2v) is 6.51. The minimum absolute atomic E-state index is 0.00769. The number of fused-ring (bicyclic) bond motifs is 1. The van der Waals surface area contributed by atoms with Crippen LogP contribution >= 0.6 is 27.5 Å². The monoisotopic (exact) mass is 447 g/mol. The first kappa shape index (κ1) is 18.5. The standard InChI is InChI=1S/C16H10BrClF3N3O2/c1-24-15(26-16(20)21)8-5-10(22)11(12(17)13(8)23-24)14(25)7-4-6(19)2-3-9(7)18/h2-5,16H,22H2,1H3. The summed E-state index contributed by atoms with van der Waals surface area (Å²) in [5, 5.41) is 4.32. The summed E-state index contributed by atoms with van der Waals surface area (Å²) in [6, 6.07) is 4.66. The molecule has 0 radical (unpaired) electrons. The molecule has 1 heterocycles. The van der Waals surface area contributed by atoms with Crippen LogP contribution in [0.3, 0.4) is 0 Å². The SMILES string of the molecule is Cn1nc2c(Br)c(C(=O)c3cc(F)ccc3Cl)c(N)cc2c1OC(F)F. The second-order valence-electron chi connectivity index (χ2n) is 5.31. The van der Waals surface area contributed by atoms with Crippen LogP contribution in [0, 0.1) is 5.82 Å². The van der Waals surface area contributed by atoms with Gasteiger partial charge in [0, 0.05) is 18.3 Å². The fourth-order valence-corrected chi connectivity index (χ4v) is 3.46. The number of hydrogen-bond acceptors (Lipinski definition) is 4. The first-order valence-corrected chi connectivity index (χ1v) is 8.27. The maximum atomic E-state index is 13.5. The molecule has 0 aliphatic rings. The van der Waals surface area contributed by atoms with Crippen molar-refractivity contribution >= 4 is 49.9 Å². The van der Waals surface area contributed by atoms with Crippen LogP contribution in [0.2, 0.25) is 5.02 Å². The Morgan fingerprint density at radius 2 is 2.08 bits per heavy atom. The molecule has 3 rings (SSSR count). The highest BCUT2D eigenvalue weighted by molar-refractivity contribution is 9.10. The predicted molar refractivity (Wildman–Crippen MR) is 94.3 cm³/mol. The van der Waals surface area contributed by atoms with Crippen molar-refractivity contribution in [1.82, 2.24) is 9.78 Å². The summed E-state index contributed by atoms with van der Waals surface area (Å²) in [7, 11) is 1.41. The molecule has 5 nitrogen and oxygen atoms in total. The molecule has 10 heteroatoms. The lowest BCUT2D eigenvalue weighted by Crippen LogP contribution is -2.08. The number of rotatable bonds is 4. The number of ether oxygens (including phenoxy) is 1. The molecule has 1 aromatic heterocycles. The minimum atomic E-state index is -3.05. The van der Waals surface area contributed by atoms with E-state index in [1.165, 1.54) is 19.2 Å². The van der Waals surface area contributed by atoms with Crippen LogP contribution in [-0.4, -0.2) is 22.2 Å². The van der Waals surface area contributed by atoms with Gasteiger partial charge in [0.1, 0.15) is 11.3 Å². The number of carbonyl (C=O) groups is 1. The molecule has 0 saturated carbocycles. The molecule has 0 saturated heterocycles. The smallest absolute Gasteiger partial charge is 0.388 e. The van der Waals surface area contributed by atoms with E-state index in [4.69, 9.17) is 17.3 Å². The van der Waals surface area contributed by atoms with Gasteiger partial charge in [-0.1, -0.05) is 11.6 Å². The third kappa shape index (κ3) is 3.12. The van der Waals surface area contributed by atoms with E-state index < -0.39 is 18.2 Å². The van der Waals surface area contributed by atoms with Gasteiger partial charge in [0.2, 0.25) is 5.88 Å². The lowest BCUT2D eigenvalue weighted by atomic mass is 10.00. The number of ketones is 1. The number of halogens is 5. The average Bonchev–Trinajstić information content (AvgIpc) is 2.86. The van der Waals surface area contributed by atoms with E-state index in [-0.39, 0.29) is 43.1 Å². The number of carbonyl (C=O) groups excluding carboxylic acids is 1. The van der Waals surface area contributed by atoms with Crippen molar-refractivity contribution in [2.75, 3.05) is 5.73 Å². The van der Waals surface area contributed by atoms with Gasteiger partial charge >= 0.3 is 6.61 Å². The molecule has 0 spiro atoms. The van der Waals surface area contributed by atoms with E-state index in [0.717, 1.165) is 16.8 Å². The van der Waals surface area contributed by atoms with Crippen molar-refractivity contribution in [3.05, 3.63) is 50.7 Å². The first-order valence-electron chi connectivity index (χ1n) is 7.10. The van der Waals surface area contributed by atoms with Crippen molar-refractivity contribution in [1.29, 1.82) is 0 Å². The number of nitrogens with zero attached hydrogens (tertiary/aromatic N) is 2. The molecule has 0 bridgehead atoms. The minimum Gasteiger partial charge on any atom is -0.417 e. The predicted octanol–water partition coefficient (Wildman–Crippen LogP) is 4.54. The summed E-state index contributed by atoms with van der Waals surface area (Å²) in [5.41, 5.74) is 6.02. The number of nitrogen functional groups attached to an aromatic ring is 1. The van der Waals surface area contributed by atoms with Crippen LogP contribution in [0.5, 0.6) is 5.88 Å². The molecule has 0 amide bonds. The van der Waals surface area contributed by atoms with Crippen LogP contribution in [-0.2, 0) is 7.05 Å². The van der Waals surface area contributed by atoms with E-state index in [0.29, 0.717) is 0 Å². The van der Waals surface area contributed by atoms with Gasteiger partial charge in [-0.2, -0.15) is 13.9 Å². The highest BCUT2D eigenvalue weighted by Gasteiger charge is 2.25. The Labute approximate surface area is 158 Å². The molecule has 2 N–H and O–H groups in total. The molecule has 0 aliphatic heterocycles. The van der Waals surface area contributed by atoms with Gasteiger partial charge in [0.25, 0.3) is 0 Å². The van der Waals surface area contributed by atoms with Gasteiger partial charge in [-0.15, -0.1) is 0 Å². The molecule has 3 aromatic rings. The average molecular weight is 449 g/mol. The number of hydrogen-bond donors (Lipinski definition) is 1. The van der Waals surface area contributed by atoms with Gasteiger partial charge < -0.3 is 10.5 Å². The number of benzene rings is 2. The highest BCUT2D eigenvalue weighted by atomic mass is 79.9. The van der Waals surface area contributed by atoms with Crippen molar-refractivity contribution in [3.63, 3.8) is 0 Å². The molecule has 0 aliphatic carbocycles. The molecule has 2 aromatic carbocycles. The van der Waals surface area contributed by atoms with Crippen LogP contribution in [0.15, 0.2) is 28.7 Å². The van der Waals surface area contributed by atoms with Gasteiger partial charge in [-0.25, -0.2) is 9.07 Å². The normalized spacial score (nSPS) is 11.3. The number of alkyl halides is 2. The van der Waals surface area contributed by atoms with Crippen molar-refractivity contribution in [2.24, 2.45) is 7.05 Å². The van der Waals surface area contributed by atoms with E-state index >= 15 is 0 Å². The van der Waals surface area contributed by atoms with E-state index in [9.17, 15) is 18.0 Å². The summed E-state index contributed by atoms with van der Waals surface area (Å²) in [6.07, 6.45) is 0. The quantitative estimate of drug-likeness (QED) is 0.470. The number of aryl methyl sites for hydroxylation is 1. The summed E-state index contributed by atoms with van der Waals surface area (Å²) >= 11 is 9.21. The van der Waals surface area contributed by atoms with E-state index in [1.54, 1.807) is 0 Å². The van der Waals surface area contributed by atoms with Crippen LogP contribution in [0.1, 0.15) is 15.9 Å². The summed E-state index contributed by atoms with van der Waals surface area (Å²) in [6.45, 7) is -3.05. The summed E-state index contributed by atoms with van der Waals surface area (Å²) in [4.78, 5) is 12.8. The zero-order valence-electron chi connectivity index (χ0n) is 13.1. The summed E-state index contributed by atoms with van der Waals surface area (Å²) in [5.74, 6) is -1.48. The maximum absolute atomic E-state index is 13.5. The molecule has 26 heavy (non-hydrogen) atoms. The molecule has 0 atom stereocenters. The number of aromatic nitrogens is 2. The summed E-state index contributed by atoms with van der Waals surface area (Å²) < 4.78 is 44.4. The molecule has 0 fully saturated rings. The Kier molecular flexibility index (Phi) is 4.85. The lowest BCUT2D eigenvalue weighted by Gasteiger charge is -2.10. The highest BCUT2D eigenvalue weighted by Crippen LogP contribution is 2.38. The molecule has 0 unspecified atom stereocenters. The van der Waals surface area contributed by atoms with Gasteiger partial charge in [-0.3, -0.25) is 4.79 Å². The van der Waals surface area contributed by atoms with Gasteiger partial charge in [0.05, 0.1) is 20.4 Å². The number of nitrogens with two attached hydrogens (primary N) is 1. The first-order chi connectivity index (χ1) is 12.2. The van der Waals surface area contributed by atoms with Crippen LogP contribution < -0.4 is 10.5 Å². The third-order valence-corrected chi connectivity index (χ3v) is 4.75. The number of anilines is 1. The fraction of sp³-hybridized carbons (Fsp3) is 0.125. The van der Waals surface area contributed by atoms with E-state index in [2.05, 4.69) is 25.8 Å². The Morgan fingerprint density at radius 3 is 2.73 bits per heavy atom. The van der Waals surface area contributed by atoms with Crippen molar-refractivity contribution in [2.45, 2.75) is 6.61 Å². The largest absolute Gasteiger partial charge is 0.417 e. The Balaban J connectivity index is 2.22. The lowest BCUT2D eigenvalue weighted by molar-refractivity contribution is -0.0542. The molecular formula is C16H10BrClF3N3O2. The second kappa shape index (κ2) is 6.81. The Hall–Kier alpha value is -2.26. The molecular weight excluding hydrogens is 439 g/mol. The van der Waals surface area contributed by atoms with Crippen LogP contribution in [0.25, 0.3) is 10.9 Å². The zero-order chi connectivity index (χ0) is 19.2. The van der Waals surface area contributed by atoms with Crippen molar-refractivity contribution < 1.29 is 22.7 Å². The maximum Gasteiger partial charge on any atom is 0.388 e. The Morgan fingerprint density at radius 1 is 1.38 bits per heavy atom. The fourth-order valence-electron chi connectivity index (χ4n) is 2.55. The topological polar surface area (TPSA) is 70.1 Å². The Bertz CT molecular complexity index is 1040.